The zero-order chi connectivity index (χ0) is 20.7. The number of thiazole rings is 1. The van der Waals surface area contributed by atoms with Crippen LogP contribution in [0.3, 0.4) is 0 Å². The number of guanidine groups is 1. The van der Waals surface area contributed by atoms with E-state index in [9.17, 15) is 13.2 Å². The first-order valence-electron chi connectivity index (χ1n) is 9.28. The van der Waals surface area contributed by atoms with Gasteiger partial charge < -0.3 is 15.4 Å². The second-order valence-electron chi connectivity index (χ2n) is 6.43. The topological polar surface area (TPSA) is 61.8 Å². The lowest BCUT2D eigenvalue weighted by atomic mass is 10.2. The molecule has 168 valence electrons. The van der Waals surface area contributed by atoms with Crippen LogP contribution in [0.15, 0.2) is 27.9 Å². The smallest absolute Gasteiger partial charge is 0.379 e. The van der Waals surface area contributed by atoms with Crippen molar-refractivity contribution >= 4 is 52.6 Å². The molecule has 0 radical (unpaired) electrons. The predicted molar refractivity (Wildman–Crippen MR) is 125 cm³/mol. The minimum absolute atomic E-state index is 0. The number of nitrogens with one attached hydrogen (secondary N) is 2. The van der Waals surface area contributed by atoms with Crippen LogP contribution in [0.25, 0.3) is 0 Å². The lowest BCUT2D eigenvalue weighted by Gasteiger charge is -2.34. The summed E-state index contributed by atoms with van der Waals surface area (Å²) in [5.41, 5.74) is -0.829. The summed E-state index contributed by atoms with van der Waals surface area (Å²) in [5, 5.41) is 10.1. The first-order chi connectivity index (χ1) is 14.0. The molecule has 2 aromatic heterocycles. The summed E-state index contributed by atoms with van der Waals surface area (Å²) in [6.07, 6.45) is -3.99. The van der Waals surface area contributed by atoms with Gasteiger partial charge in [-0.3, -0.25) is 9.89 Å². The molecule has 3 rings (SSSR count). The normalized spacial score (nSPS) is 16.7. The van der Waals surface area contributed by atoms with Crippen LogP contribution in [-0.4, -0.2) is 62.3 Å². The van der Waals surface area contributed by atoms with Crippen molar-refractivity contribution in [2.45, 2.75) is 18.6 Å². The first kappa shape index (κ1) is 25.3. The lowest BCUT2D eigenvalue weighted by molar-refractivity contribution is -0.140. The highest BCUT2D eigenvalue weighted by atomic mass is 127. The number of ether oxygens (including phenoxy) is 1. The summed E-state index contributed by atoms with van der Waals surface area (Å²) in [5.74, 6) is 0.618. The van der Waals surface area contributed by atoms with Crippen molar-refractivity contribution in [3.8, 4) is 0 Å². The van der Waals surface area contributed by atoms with Crippen LogP contribution >= 0.6 is 46.7 Å². The largest absolute Gasteiger partial charge is 0.434 e. The quantitative estimate of drug-likeness (QED) is 0.300. The molecule has 12 heteroatoms. The fourth-order valence-electron chi connectivity index (χ4n) is 3.04. The number of aromatic nitrogens is 1. The second-order valence-corrected chi connectivity index (χ2v) is 8.36. The standard InChI is InChI=1S/C18H24F3N5OS2.HI/c1-22-17(23-5-4-16-25-15(12-29-16)18(19,20)21)24-11-13(14-3-2-10-28-14)26-6-8-27-9-7-26;/h2-3,10,12-13H,4-9,11H2,1H3,(H2,22,23,24);1H. The van der Waals surface area contributed by atoms with Gasteiger partial charge >= 0.3 is 6.18 Å². The third-order valence-electron chi connectivity index (χ3n) is 4.52. The maximum absolute atomic E-state index is 12.6. The summed E-state index contributed by atoms with van der Waals surface area (Å²) in [6.45, 7) is 4.33. The van der Waals surface area contributed by atoms with E-state index in [1.54, 1.807) is 18.4 Å². The Morgan fingerprint density at radius 1 is 1.30 bits per heavy atom. The van der Waals surface area contributed by atoms with Gasteiger partial charge in [-0.2, -0.15) is 13.2 Å². The SMILES string of the molecule is CN=C(NCCc1nc(C(F)(F)F)cs1)NCC(c1cccs1)N1CCOCC1.I. The predicted octanol–water partition coefficient (Wildman–Crippen LogP) is 3.62. The molecule has 0 aliphatic carbocycles. The molecule has 1 unspecified atom stereocenters. The molecule has 30 heavy (non-hydrogen) atoms. The van der Waals surface area contributed by atoms with Crippen LogP contribution in [0.5, 0.6) is 0 Å². The number of rotatable bonds is 7. The molecule has 0 bridgehead atoms. The molecular weight excluding hydrogens is 550 g/mol. The number of hydrogen-bond acceptors (Lipinski definition) is 6. The van der Waals surface area contributed by atoms with Gasteiger partial charge in [-0.15, -0.1) is 46.7 Å². The minimum Gasteiger partial charge on any atom is -0.379 e. The highest BCUT2D eigenvalue weighted by Crippen LogP contribution is 2.30. The second kappa shape index (κ2) is 12.2. The van der Waals surface area contributed by atoms with Crippen molar-refractivity contribution < 1.29 is 17.9 Å². The van der Waals surface area contributed by atoms with Crippen molar-refractivity contribution in [3.05, 3.63) is 38.5 Å². The fraction of sp³-hybridized carbons (Fsp3) is 0.556. The van der Waals surface area contributed by atoms with Crippen LogP contribution in [0.2, 0.25) is 0 Å². The van der Waals surface area contributed by atoms with Gasteiger partial charge in [0.05, 0.1) is 24.3 Å². The van der Waals surface area contributed by atoms with E-state index in [0.717, 1.165) is 43.0 Å². The highest BCUT2D eigenvalue weighted by Gasteiger charge is 2.33. The Kier molecular flexibility index (Phi) is 10.3. The van der Waals surface area contributed by atoms with Crippen molar-refractivity contribution in [1.29, 1.82) is 0 Å². The van der Waals surface area contributed by atoms with E-state index in [4.69, 9.17) is 4.74 Å². The van der Waals surface area contributed by atoms with Crippen molar-refractivity contribution in [2.24, 2.45) is 4.99 Å². The molecule has 0 spiro atoms. The average Bonchev–Trinajstić information content (AvgIpc) is 3.39. The van der Waals surface area contributed by atoms with E-state index in [1.165, 1.54) is 4.88 Å². The molecule has 1 aliphatic rings. The molecule has 6 nitrogen and oxygen atoms in total. The Bertz CT molecular complexity index is 779. The minimum atomic E-state index is -4.39. The van der Waals surface area contributed by atoms with Crippen LogP contribution in [0, 0.1) is 0 Å². The number of nitrogens with zero attached hydrogens (tertiary/aromatic N) is 3. The van der Waals surface area contributed by atoms with Gasteiger partial charge in [0, 0.05) is 49.9 Å². The van der Waals surface area contributed by atoms with Crippen molar-refractivity contribution in [3.63, 3.8) is 0 Å². The molecule has 3 heterocycles. The van der Waals surface area contributed by atoms with E-state index >= 15 is 0 Å². The monoisotopic (exact) mass is 575 g/mol. The van der Waals surface area contributed by atoms with Gasteiger partial charge in [0.2, 0.25) is 0 Å². The van der Waals surface area contributed by atoms with Crippen LogP contribution in [0.1, 0.15) is 21.6 Å². The summed E-state index contributed by atoms with van der Waals surface area (Å²) in [6, 6.07) is 4.39. The third kappa shape index (κ3) is 7.32. The molecule has 1 saturated heterocycles. The summed E-state index contributed by atoms with van der Waals surface area (Å²) in [7, 11) is 1.68. The number of halogens is 4. The molecule has 1 aliphatic heterocycles. The average molecular weight is 575 g/mol. The Morgan fingerprint density at radius 2 is 2.07 bits per heavy atom. The molecule has 2 N–H and O–H groups in total. The van der Waals surface area contributed by atoms with Gasteiger partial charge in [-0.05, 0) is 11.4 Å². The highest BCUT2D eigenvalue weighted by molar-refractivity contribution is 14.0. The van der Waals surface area contributed by atoms with Crippen molar-refractivity contribution in [2.75, 3.05) is 46.4 Å². The molecule has 2 aromatic rings. The first-order valence-corrected chi connectivity index (χ1v) is 11.0. The summed E-state index contributed by atoms with van der Waals surface area (Å²) >= 11 is 2.74. The van der Waals surface area contributed by atoms with E-state index in [0.29, 0.717) is 30.5 Å². The fourth-order valence-corrected chi connectivity index (χ4v) is 4.70. The Labute approximate surface area is 199 Å². The van der Waals surface area contributed by atoms with Gasteiger partial charge in [0.1, 0.15) is 0 Å². The van der Waals surface area contributed by atoms with E-state index < -0.39 is 11.9 Å². The molecule has 0 amide bonds. The van der Waals surface area contributed by atoms with E-state index in [-0.39, 0.29) is 30.0 Å². The number of aliphatic imine (C=N–C) groups is 1. The van der Waals surface area contributed by atoms with Crippen LogP contribution in [-0.2, 0) is 17.3 Å². The van der Waals surface area contributed by atoms with Crippen molar-refractivity contribution in [1.82, 2.24) is 20.5 Å². The molecular formula is C18H25F3IN5OS2. The molecule has 1 fully saturated rings. The molecule has 1 atom stereocenters. The summed E-state index contributed by atoms with van der Waals surface area (Å²) in [4.78, 5) is 11.5. The number of morpholine rings is 1. The number of alkyl halides is 3. The van der Waals surface area contributed by atoms with Crippen LogP contribution in [0.4, 0.5) is 13.2 Å². The Hall–Kier alpha value is -0.960. The Morgan fingerprint density at radius 3 is 2.67 bits per heavy atom. The van der Waals surface area contributed by atoms with E-state index in [1.807, 2.05) is 6.07 Å². The van der Waals surface area contributed by atoms with Gasteiger partial charge in [0.15, 0.2) is 11.7 Å². The maximum atomic E-state index is 12.6. The van der Waals surface area contributed by atoms with Crippen LogP contribution < -0.4 is 10.6 Å². The van der Waals surface area contributed by atoms with E-state index in [2.05, 4.69) is 37.0 Å². The zero-order valence-electron chi connectivity index (χ0n) is 16.4. The van der Waals surface area contributed by atoms with Gasteiger partial charge in [-0.25, -0.2) is 4.98 Å². The molecule has 0 aromatic carbocycles. The zero-order valence-corrected chi connectivity index (χ0v) is 20.4. The summed E-state index contributed by atoms with van der Waals surface area (Å²) < 4.78 is 43.4. The third-order valence-corrected chi connectivity index (χ3v) is 6.40. The number of hydrogen-bond donors (Lipinski definition) is 2. The molecule has 0 saturated carbocycles. The lowest BCUT2D eigenvalue weighted by Crippen LogP contribution is -2.46. The van der Waals surface area contributed by atoms with Gasteiger partial charge in [-0.1, -0.05) is 6.07 Å². The van der Waals surface area contributed by atoms with Gasteiger partial charge in [0.25, 0.3) is 0 Å². The Balaban J connectivity index is 0.00000320. The maximum Gasteiger partial charge on any atom is 0.434 e. The number of thiophene rings is 1.